The highest BCUT2D eigenvalue weighted by molar-refractivity contribution is 5.69. The Kier molecular flexibility index (Phi) is 16.7. The molecule has 182 valence electrons. The van der Waals surface area contributed by atoms with Crippen LogP contribution in [0.2, 0.25) is 0 Å². The fourth-order valence-corrected chi connectivity index (χ4v) is 3.51. The molecule has 0 N–H and O–H groups in total. The molecule has 32 heavy (non-hydrogen) atoms. The molecule has 0 amide bonds. The van der Waals surface area contributed by atoms with Gasteiger partial charge in [0, 0.05) is 19.6 Å². The third-order valence-electron chi connectivity index (χ3n) is 5.52. The molecule has 1 heterocycles. The van der Waals surface area contributed by atoms with E-state index in [0.29, 0.717) is 6.42 Å². The maximum atomic E-state index is 11.0. The Morgan fingerprint density at radius 3 is 2.28 bits per heavy atom. The summed E-state index contributed by atoms with van der Waals surface area (Å²) in [6.07, 6.45) is 29.9. The van der Waals surface area contributed by atoms with Crippen LogP contribution in [0.3, 0.4) is 0 Å². The van der Waals surface area contributed by atoms with Gasteiger partial charge in [-0.05, 0) is 69.6 Å². The minimum absolute atomic E-state index is 0.0408. The molecule has 4 nitrogen and oxygen atoms in total. The number of methoxy groups -OCH3 is 1. The maximum Gasteiger partial charge on any atom is 0.305 e. The molecule has 1 aliphatic rings. The van der Waals surface area contributed by atoms with Crippen LogP contribution in [-0.2, 0) is 19.0 Å². The third kappa shape index (κ3) is 17.0. The number of ether oxygens (including phenoxy) is 3. The van der Waals surface area contributed by atoms with E-state index in [1.54, 1.807) is 0 Å². The molecule has 0 aromatic carbocycles. The fourth-order valence-electron chi connectivity index (χ4n) is 3.51. The largest absolute Gasteiger partial charge is 0.469 e. The van der Waals surface area contributed by atoms with Crippen molar-refractivity contribution in [1.82, 2.24) is 0 Å². The normalized spacial score (nSPS) is 17.9. The minimum atomic E-state index is -0.130. The summed E-state index contributed by atoms with van der Waals surface area (Å²) in [4.78, 5) is 11.0. The molecule has 0 bridgehead atoms. The van der Waals surface area contributed by atoms with Crippen molar-refractivity contribution in [2.75, 3.05) is 20.3 Å². The predicted octanol–water partition coefficient (Wildman–Crippen LogP) is 7.46. The first kappa shape index (κ1) is 28.4. The van der Waals surface area contributed by atoms with E-state index in [2.05, 4.69) is 67.2 Å². The van der Waals surface area contributed by atoms with Crippen LogP contribution in [0.15, 0.2) is 48.6 Å². The Morgan fingerprint density at radius 1 is 0.938 bits per heavy atom. The lowest BCUT2D eigenvalue weighted by Crippen LogP contribution is -2.22. The lowest BCUT2D eigenvalue weighted by Gasteiger charge is -2.23. The number of hydrogen-bond acceptors (Lipinski definition) is 4. The van der Waals surface area contributed by atoms with Gasteiger partial charge >= 0.3 is 5.97 Å². The number of rotatable bonds is 17. The first-order chi connectivity index (χ1) is 15.5. The second-order valence-corrected chi connectivity index (χ2v) is 9.10. The minimum Gasteiger partial charge on any atom is -0.469 e. The second kappa shape index (κ2) is 18.9. The van der Waals surface area contributed by atoms with E-state index in [9.17, 15) is 4.79 Å². The van der Waals surface area contributed by atoms with Crippen LogP contribution in [0.4, 0.5) is 0 Å². The first-order valence-electron chi connectivity index (χ1n) is 12.5. The summed E-state index contributed by atoms with van der Waals surface area (Å²) in [7, 11) is 1.43. The van der Waals surface area contributed by atoms with E-state index in [0.717, 1.165) is 58.2 Å². The van der Waals surface area contributed by atoms with Crippen molar-refractivity contribution in [3.05, 3.63) is 48.6 Å². The summed E-state index contributed by atoms with van der Waals surface area (Å²) in [5.41, 5.74) is 0.234. The highest BCUT2D eigenvalue weighted by atomic mass is 16.7. The number of carbonyl (C=O) groups excluding carboxylic acids is 1. The smallest absolute Gasteiger partial charge is 0.305 e. The lowest BCUT2D eigenvalue weighted by atomic mass is 9.86. The number of carbonyl (C=O) groups is 1. The van der Waals surface area contributed by atoms with Crippen molar-refractivity contribution >= 4 is 5.97 Å². The Morgan fingerprint density at radius 2 is 1.62 bits per heavy atom. The van der Waals surface area contributed by atoms with Gasteiger partial charge < -0.3 is 14.2 Å². The summed E-state index contributed by atoms with van der Waals surface area (Å²) in [5.74, 6) is -0.130. The molecule has 0 aromatic heterocycles. The zero-order valence-electron chi connectivity index (χ0n) is 20.7. The molecule has 0 radical (unpaired) electrons. The molecule has 1 rings (SSSR count). The van der Waals surface area contributed by atoms with Crippen LogP contribution in [0.1, 0.15) is 90.9 Å². The van der Waals surface area contributed by atoms with Gasteiger partial charge in [0.15, 0.2) is 6.29 Å². The molecule has 1 saturated heterocycles. The number of hydrogen-bond donors (Lipinski definition) is 0. The predicted molar refractivity (Wildman–Crippen MR) is 133 cm³/mol. The topological polar surface area (TPSA) is 44.8 Å². The van der Waals surface area contributed by atoms with Gasteiger partial charge in [-0.1, -0.05) is 68.9 Å². The summed E-state index contributed by atoms with van der Waals surface area (Å²) >= 11 is 0. The Balaban J connectivity index is 2.00. The van der Waals surface area contributed by atoms with Crippen molar-refractivity contribution < 1.29 is 19.0 Å². The molecule has 1 atom stereocenters. The fraction of sp³-hybridized carbons (Fsp3) is 0.679. The zero-order chi connectivity index (χ0) is 23.3. The van der Waals surface area contributed by atoms with Gasteiger partial charge in [0.05, 0.1) is 7.11 Å². The molecular formula is C28H46O4. The van der Waals surface area contributed by atoms with Crippen LogP contribution >= 0.6 is 0 Å². The first-order valence-corrected chi connectivity index (χ1v) is 12.5. The molecule has 1 unspecified atom stereocenters. The number of esters is 1. The molecular weight excluding hydrogens is 400 g/mol. The van der Waals surface area contributed by atoms with E-state index in [1.165, 1.54) is 32.8 Å². The average Bonchev–Trinajstić information content (AvgIpc) is 2.79. The average molecular weight is 447 g/mol. The van der Waals surface area contributed by atoms with Crippen LogP contribution in [0.25, 0.3) is 0 Å². The Bertz CT molecular complexity index is 580. The van der Waals surface area contributed by atoms with Crippen molar-refractivity contribution in [1.29, 1.82) is 0 Å². The number of allylic oxidation sites excluding steroid dienone is 8. The monoisotopic (exact) mass is 446 g/mol. The highest BCUT2D eigenvalue weighted by Gasteiger charge is 2.15. The Labute approximate surface area is 196 Å². The summed E-state index contributed by atoms with van der Waals surface area (Å²) < 4.78 is 16.0. The zero-order valence-corrected chi connectivity index (χ0v) is 20.7. The van der Waals surface area contributed by atoms with Crippen LogP contribution in [0.5, 0.6) is 0 Å². The van der Waals surface area contributed by atoms with E-state index in [4.69, 9.17) is 9.47 Å². The summed E-state index contributed by atoms with van der Waals surface area (Å²) in [5, 5.41) is 0. The van der Waals surface area contributed by atoms with E-state index in [1.807, 2.05) is 0 Å². The lowest BCUT2D eigenvalue weighted by molar-refractivity contribution is -0.162. The maximum absolute atomic E-state index is 11.0. The van der Waals surface area contributed by atoms with Crippen molar-refractivity contribution in [3.8, 4) is 0 Å². The SMILES string of the molecule is COC(=O)CCCC=CCC=CCC=CCC=CC(C)(C)CCCCOC1CCCCO1. The summed E-state index contributed by atoms with van der Waals surface area (Å²) in [6, 6.07) is 0. The Hall–Kier alpha value is -1.65. The standard InChI is InChI=1S/C28H46O4/c1-28(2,23-17-19-25-32-27-21-15-18-24-31-27)22-16-13-11-9-7-5-4-6-8-10-12-14-20-26(29)30-3/h4-5,8-11,16,22,27H,6-7,12-15,17-21,23-25H2,1-3H3. The molecule has 0 saturated carbocycles. The van der Waals surface area contributed by atoms with Crippen LogP contribution in [0, 0.1) is 5.41 Å². The molecule has 4 heteroatoms. The van der Waals surface area contributed by atoms with Gasteiger partial charge in [-0.3, -0.25) is 4.79 Å². The van der Waals surface area contributed by atoms with Gasteiger partial charge in [0.1, 0.15) is 0 Å². The molecule has 0 aliphatic carbocycles. The quantitative estimate of drug-likeness (QED) is 0.132. The van der Waals surface area contributed by atoms with E-state index in [-0.39, 0.29) is 17.7 Å². The van der Waals surface area contributed by atoms with Gasteiger partial charge in [0.2, 0.25) is 0 Å². The van der Waals surface area contributed by atoms with Crippen LogP contribution in [-0.4, -0.2) is 32.6 Å². The van der Waals surface area contributed by atoms with E-state index >= 15 is 0 Å². The molecule has 1 aliphatic heterocycles. The van der Waals surface area contributed by atoms with Gasteiger partial charge in [-0.25, -0.2) is 0 Å². The van der Waals surface area contributed by atoms with E-state index < -0.39 is 0 Å². The van der Waals surface area contributed by atoms with Gasteiger partial charge in [0.25, 0.3) is 0 Å². The number of unbranched alkanes of at least 4 members (excludes halogenated alkanes) is 2. The van der Waals surface area contributed by atoms with Crippen molar-refractivity contribution in [2.45, 2.75) is 97.2 Å². The molecule has 0 aromatic rings. The van der Waals surface area contributed by atoms with Gasteiger partial charge in [-0.2, -0.15) is 0 Å². The van der Waals surface area contributed by atoms with Gasteiger partial charge in [-0.15, -0.1) is 0 Å². The summed E-state index contributed by atoms with van der Waals surface area (Å²) in [6.45, 7) is 6.28. The second-order valence-electron chi connectivity index (χ2n) is 9.10. The van der Waals surface area contributed by atoms with Crippen LogP contribution < -0.4 is 0 Å². The third-order valence-corrected chi connectivity index (χ3v) is 5.52. The highest BCUT2D eigenvalue weighted by Crippen LogP contribution is 2.25. The van der Waals surface area contributed by atoms with Crippen molar-refractivity contribution in [2.24, 2.45) is 5.41 Å². The molecule has 1 fully saturated rings. The molecule has 0 spiro atoms. The van der Waals surface area contributed by atoms with Crippen molar-refractivity contribution in [3.63, 3.8) is 0 Å².